The maximum Gasteiger partial charge on any atom is 0.329 e. The van der Waals surface area contributed by atoms with Crippen molar-refractivity contribution >= 4 is 40.8 Å². The van der Waals surface area contributed by atoms with Gasteiger partial charge in [0, 0.05) is 12.1 Å². The van der Waals surface area contributed by atoms with Crippen LogP contribution < -0.4 is 20.3 Å². The third-order valence-electron chi connectivity index (χ3n) is 4.73. The molecular formula is C23H26ClN3O4. The maximum atomic E-state index is 12.7. The second kappa shape index (κ2) is 9.83. The molecule has 0 aliphatic carbocycles. The minimum atomic E-state index is -0.742. The van der Waals surface area contributed by atoms with Crippen LogP contribution in [0, 0.1) is 12.8 Å². The van der Waals surface area contributed by atoms with Crippen molar-refractivity contribution in [3.63, 3.8) is 0 Å². The standard InChI is InChI=1S/C23H26ClN3O4/c1-14(2)13-31-20-9-7-16(12-18(20)24)25-21(28)10-8-19-22(29)27(23(30)26-19)17-6-4-5-15(3)11-17/h4-7,9,11-12,14,19H,8,10,13H2,1-3H3,(H,25,28)(H,26,30)/t19-/m0/s1. The van der Waals surface area contributed by atoms with E-state index in [-0.39, 0.29) is 24.7 Å². The molecule has 1 aliphatic heterocycles. The molecule has 2 aromatic rings. The second-order valence-electron chi connectivity index (χ2n) is 7.95. The number of imide groups is 1. The van der Waals surface area contributed by atoms with Gasteiger partial charge in [-0.05, 0) is 55.2 Å². The topological polar surface area (TPSA) is 87.7 Å². The highest BCUT2D eigenvalue weighted by Crippen LogP contribution is 2.28. The molecule has 1 heterocycles. The molecule has 2 N–H and O–H groups in total. The Morgan fingerprint density at radius 1 is 1.23 bits per heavy atom. The number of amides is 4. The van der Waals surface area contributed by atoms with Crippen LogP contribution in [0.1, 0.15) is 32.3 Å². The number of carbonyl (C=O) groups is 3. The number of nitrogens with zero attached hydrogens (tertiary/aromatic N) is 1. The van der Waals surface area contributed by atoms with Crippen LogP contribution in [0.5, 0.6) is 5.75 Å². The highest BCUT2D eigenvalue weighted by Gasteiger charge is 2.38. The van der Waals surface area contributed by atoms with Crippen LogP contribution in [0.4, 0.5) is 16.2 Å². The van der Waals surface area contributed by atoms with E-state index in [2.05, 4.69) is 10.6 Å². The summed E-state index contributed by atoms with van der Waals surface area (Å²) in [4.78, 5) is 38.4. The highest BCUT2D eigenvalue weighted by atomic mass is 35.5. The van der Waals surface area contributed by atoms with Crippen LogP contribution in [-0.2, 0) is 9.59 Å². The third-order valence-corrected chi connectivity index (χ3v) is 5.02. The normalized spacial score (nSPS) is 15.9. The molecule has 0 saturated carbocycles. The van der Waals surface area contributed by atoms with E-state index in [4.69, 9.17) is 16.3 Å². The van der Waals surface area contributed by atoms with Crippen LogP contribution in [0.3, 0.4) is 0 Å². The first-order valence-electron chi connectivity index (χ1n) is 10.2. The summed E-state index contributed by atoms with van der Waals surface area (Å²) < 4.78 is 5.62. The number of halogens is 1. The highest BCUT2D eigenvalue weighted by molar-refractivity contribution is 6.32. The number of benzene rings is 2. The quantitative estimate of drug-likeness (QED) is 0.587. The Balaban J connectivity index is 1.54. The summed E-state index contributed by atoms with van der Waals surface area (Å²) in [5, 5.41) is 5.82. The fraction of sp³-hybridized carbons (Fsp3) is 0.348. The first-order chi connectivity index (χ1) is 14.7. The molecule has 1 aliphatic rings. The van der Waals surface area contributed by atoms with Gasteiger partial charge in [-0.1, -0.05) is 37.6 Å². The molecular weight excluding hydrogens is 418 g/mol. The molecule has 7 nitrogen and oxygen atoms in total. The molecule has 3 rings (SSSR count). The van der Waals surface area contributed by atoms with E-state index >= 15 is 0 Å². The Hall–Kier alpha value is -3.06. The Bertz CT molecular complexity index is 993. The lowest BCUT2D eigenvalue weighted by atomic mass is 10.1. The number of ether oxygens (including phenoxy) is 1. The fourth-order valence-corrected chi connectivity index (χ4v) is 3.42. The number of urea groups is 1. The summed E-state index contributed by atoms with van der Waals surface area (Å²) >= 11 is 6.22. The molecule has 4 amide bonds. The van der Waals surface area contributed by atoms with Gasteiger partial charge < -0.3 is 15.4 Å². The smallest absolute Gasteiger partial charge is 0.329 e. The molecule has 1 saturated heterocycles. The van der Waals surface area contributed by atoms with Gasteiger partial charge in [0.05, 0.1) is 17.3 Å². The van der Waals surface area contributed by atoms with E-state index in [0.717, 1.165) is 10.5 Å². The molecule has 1 atom stereocenters. The predicted octanol–water partition coefficient (Wildman–Crippen LogP) is 4.53. The van der Waals surface area contributed by atoms with Gasteiger partial charge in [0.1, 0.15) is 11.8 Å². The Morgan fingerprint density at radius 2 is 2.00 bits per heavy atom. The van der Waals surface area contributed by atoms with Crippen LogP contribution >= 0.6 is 11.6 Å². The summed E-state index contributed by atoms with van der Waals surface area (Å²) in [6, 6.07) is 11.0. The number of anilines is 2. The van der Waals surface area contributed by atoms with Crippen molar-refractivity contribution in [3.8, 4) is 5.75 Å². The average Bonchev–Trinajstić information content (AvgIpc) is 2.99. The van der Waals surface area contributed by atoms with E-state index < -0.39 is 12.1 Å². The first kappa shape index (κ1) is 22.6. The molecule has 8 heteroatoms. The Morgan fingerprint density at radius 3 is 2.68 bits per heavy atom. The van der Waals surface area contributed by atoms with E-state index in [1.165, 1.54) is 0 Å². The summed E-state index contributed by atoms with van der Waals surface area (Å²) in [7, 11) is 0. The van der Waals surface area contributed by atoms with Crippen LogP contribution in [0.15, 0.2) is 42.5 Å². The van der Waals surface area contributed by atoms with Gasteiger partial charge in [-0.25, -0.2) is 9.69 Å². The lowest BCUT2D eigenvalue weighted by Crippen LogP contribution is -2.31. The van der Waals surface area contributed by atoms with Crippen molar-refractivity contribution in [1.29, 1.82) is 0 Å². The van der Waals surface area contributed by atoms with E-state index in [9.17, 15) is 14.4 Å². The number of hydrogen-bond acceptors (Lipinski definition) is 4. The second-order valence-corrected chi connectivity index (χ2v) is 8.36. The molecule has 1 fully saturated rings. The number of nitrogens with one attached hydrogen (secondary N) is 2. The molecule has 31 heavy (non-hydrogen) atoms. The number of hydrogen-bond donors (Lipinski definition) is 2. The number of rotatable bonds is 8. The third kappa shape index (κ3) is 5.76. The zero-order chi connectivity index (χ0) is 22.5. The van der Waals surface area contributed by atoms with Crippen molar-refractivity contribution in [3.05, 3.63) is 53.1 Å². The average molecular weight is 444 g/mol. The molecule has 0 unspecified atom stereocenters. The van der Waals surface area contributed by atoms with Gasteiger partial charge >= 0.3 is 6.03 Å². The van der Waals surface area contributed by atoms with Gasteiger partial charge in [-0.2, -0.15) is 0 Å². The van der Waals surface area contributed by atoms with Crippen molar-refractivity contribution in [1.82, 2.24) is 5.32 Å². The molecule has 0 bridgehead atoms. The van der Waals surface area contributed by atoms with E-state index in [1.807, 2.05) is 26.8 Å². The van der Waals surface area contributed by atoms with E-state index in [1.54, 1.807) is 36.4 Å². The number of aryl methyl sites for hydroxylation is 1. The zero-order valence-corrected chi connectivity index (χ0v) is 18.5. The summed E-state index contributed by atoms with van der Waals surface area (Å²) in [6.07, 6.45) is 0.267. The van der Waals surface area contributed by atoms with Gasteiger partial charge in [-0.3, -0.25) is 9.59 Å². The van der Waals surface area contributed by atoms with Crippen molar-refractivity contribution in [2.24, 2.45) is 5.92 Å². The molecule has 164 valence electrons. The largest absolute Gasteiger partial charge is 0.492 e. The van der Waals surface area contributed by atoms with Crippen LogP contribution in [-0.4, -0.2) is 30.5 Å². The van der Waals surface area contributed by atoms with Crippen molar-refractivity contribution < 1.29 is 19.1 Å². The molecule has 0 radical (unpaired) electrons. The van der Waals surface area contributed by atoms with Crippen LogP contribution in [0.2, 0.25) is 5.02 Å². The van der Waals surface area contributed by atoms with Crippen molar-refractivity contribution in [2.75, 3.05) is 16.8 Å². The zero-order valence-electron chi connectivity index (χ0n) is 17.8. The van der Waals surface area contributed by atoms with Gasteiger partial charge in [0.15, 0.2) is 0 Å². The minimum absolute atomic E-state index is 0.0710. The predicted molar refractivity (Wildman–Crippen MR) is 121 cm³/mol. The van der Waals surface area contributed by atoms with Crippen LogP contribution in [0.25, 0.3) is 0 Å². The first-order valence-corrected chi connectivity index (χ1v) is 10.6. The van der Waals surface area contributed by atoms with E-state index in [0.29, 0.717) is 34.7 Å². The Labute approximate surface area is 186 Å². The summed E-state index contributed by atoms with van der Waals surface area (Å²) in [5.41, 5.74) is 2.00. The lowest BCUT2D eigenvalue weighted by Gasteiger charge is -2.14. The van der Waals surface area contributed by atoms with Gasteiger partial charge in [-0.15, -0.1) is 0 Å². The van der Waals surface area contributed by atoms with Gasteiger partial charge in [0.25, 0.3) is 5.91 Å². The molecule has 0 aromatic heterocycles. The van der Waals surface area contributed by atoms with Gasteiger partial charge in [0.2, 0.25) is 5.91 Å². The summed E-state index contributed by atoms with van der Waals surface area (Å²) in [5.74, 6) is 0.293. The number of carbonyl (C=O) groups excluding carboxylic acids is 3. The van der Waals surface area contributed by atoms with Crippen molar-refractivity contribution in [2.45, 2.75) is 39.7 Å². The maximum absolute atomic E-state index is 12.7. The summed E-state index contributed by atoms with van der Waals surface area (Å²) in [6.45, 7) is 6.52. The lowest BCUT2D eigenvalue weighted by molar-refractivity contribution is -0.119. The Kier molecular flexibility index (Phi) is 7.17. The fourth-order valence-electron chi connectivity index (χ4n) is 3.19. The minimum Gasteiger partial charge on any atom is -0.492 e. The molecule has 2 aromatic carbocycles. The SMILES string of the molecule is Cc1cccc(N2C(=O)N[C@@H](CCC(=O)Nc3ccc(OCC(C)C)c(Cl)c3)C2=O)c1. The monoisotopic (exact) mass is 443 g/mol. The molecule has 0 spiro atoms.